The summed E-state index contributed by atoms with van der Waals surface area (Å²) < 4.78 is 44.3. The quantitative estimate of drug-likeness (QED) is 0.0528. The Morgan fingerprint density at radius 3 is 1.36 bits per heavy atom. The van der Waals surface area contributed by atoms with Crippen molar-refractivity contribution in [3.8, 4) is 46.0 Å². The lowest BCUT2D eigenvalue weighted by molar-refractivity contribution is 0.0389. The summed E-state index contributed by atoms with van der Waals surface area (Å²) in [5.41, 5.74) is 13.1. The summed E-state index contributed by atoms with van der Waals surface area (Å²) in [6.45, 7) is 39.0. The predicted molar refractivity (Wildman–Crippen MR) is 330 cm³/mol. The van der Waals surface area contributed by atoms with Crippen molar-refractivity contribution in [2.75, 3.05) is 54.9 Å². The number of nitrogens with one attached hydrogen (secondary N) is 2. The maximum absolute atomic E-state index is 14.4. The van der Waals surface area contributed by atoms with Gasteiger partial charge in [0.1, 0.15) is 49.4 Å². The van der Waals surface area contributed by atoms with Gasteiger partial charge in [0.2, 0.25) is 0 Å². The molecule has 0 aromatic heterocycles. The van der Waals surface area contributed by atoms with E-state index in [0.717, 1.165) is 33.5 Å². The number of nitrogens with zero attached hydrogens (tertiary/aromatic N) is 2. The largest absolute Gasteiger partial charge is 0.496 e. The van der Waals surface area contributed by atoms with E-state index in [2.05, 4.69) is 104 Å². The van der Waals surface area contributed by atoms with Crippen molar-refractivity contribution in [3.63, 3.8) is 0 Å². The molecular weight excluding hydrogens is 1080 g/mol. The zero-order valence-electron chi connectivity index (χ0n) is 53.3. The van der Waals surface area contributed by atoms with Crippen LogP contribution in [0.1, 0.15) is 174 Å². The Hall–Kier alpha value is -7.20. The standard InChI is InChI=1S/C33H46N2O6.C23H34N2O3.C10H11ClO3/c1-12-23-24(13-14-25-29(23)41-16-15-40-25)30(36)34-35(28(33(7,8)9)17-20(2)32(4,5)6)31(37)22-18-26(38-10)21(3)27(19-22)39-11;1-9-16-17(10-11-18-20(16)28-13-12-27-18)21(26)25-24-19(23(6,7)8)14-15(2)22(3,4)5;1-6-8(13-2)4-7(10(11)12)5-9(6)14-3/h13-14,17-19,28H,12,15-16H2,1-11H3,(H,34,36);10-11,14H,9,12-13H2,1-8H3,(H,25,26);4-5H,1-3H3/b20-17+;15-14+,24-19+;. The Kier molecular flexibility index (Phi) is 23.8. The van der Waals surface area contributed by atoms with Gasteiger partial charge >= 0.3 is 0 Å². The molecule has 2 aliphatic rings. The Morgan fingerprint density at radius 1 is 0.602 bits per heavy atom. The van der Waals surface area contributed by atoms with Crippen molar-refractivity contribution in [3.05, 3.63) is 116 Å². The van der Waals surface area contributed by atoms with E-state index in [1.165, 1.54) is 24.8 Å². The van der Waals surface area contributed by atoms with Crippen molar-refractivity contribution in [2.45, 2.75) is 144 Å². The van der Waals surface area contributed by atoms with Crippen LogP contribution in [-0.4, -0.2) is 94.6 Å². The fraction of sp³-hybridized carbons (Fsp3) is 0.500. The van der Waals surface area contributed by atoms with E-state index >= 15 is 0 Å². The van der Waals surface area contributed by atoms with Crippen LogP contribution in [0.15, 0.2) is 76.9 Å². The first-order chi connectivity index (χ1) is 38.7. The Balaban J connectivity index is 0.000000302. The van der Waals surface area contributed by atoms with Crippen LogP contribution in [0.2, 0.25) is 0 Å². The number of carbonyl (C=O) groups is 4. The molecule has 83 heavy (non-hydrogen) atoms. The van der Waals surface area contributed by atoms with Crippen molar-refractivity contribution in [1.29, 1.82) is 0 Å². The Bertz CT molecular complexity index is 3030. The zero-order valence-corrected chi connectivity index (χ0v) is 54.0. The third kappa shape index (κ3) is 17.7. The van der Waals surface area contributed by atoms with Gasteiger partial charge < -0.3 is 37.9 Å². The molecule has 0 fully saturated rings. The number of rotatable bonds is 14. The number of benzene rings is 4. The van der Waals surface area contributed by atoms with Gasteiger partial charge in [0.15, 0.2) is 23.0 Å². The van der Waals surface area contributed by atoms with Crippen LogP contribution >= 0.6 is 11.6 Å². The number of ether oxygens (including phenoxy) is 8. The van der Waals surface area contributed by atoms with E-state index in [9.17, 15) is 19.2 Å². The molecule has 0 radical (unpaired) electrons. The van der Waals surface area contributed by atoms with Crippen molar-refractivity contribution >= 4 is 40.3 Å². The molecule has 0 saturated carbocycles. The third-order valence-corrected chi connectivity index (χ3v) is 14.8. The Morgan fingerprint density at radius 2 is 1.00 bits per heavy atom. The third-order valence-electron chi connectivity index (χ3n) is 14.6. The van der Waals surface area contributed by atoms with Gasteiger partial charge in [-0.2, -0.15) is 5.10 Å². The highest BCUT2D eigenvalue weighted by molar-refractivity contribution is 6.67. The molecule has 1 atom stereocenters. The topological polar surface area (TPSA) is 182 Å². The molecule has 4 aromatic carbocycles. The molecule has 2 aliphatic heterocycles. The highest BCUT2D eigenvalue weighted by Gasteiger charge is 2.37. The lowest BCUT2D eigenvalue weighted by Crippen LogP contribution is -2.55. The number of allylic oxidation sites excluding steroid dienone is 3. The normalized spacial score (nSPS) is 13.9. The number of halogens is 1. The SMILES string of the molecule is CCc1c(C(=O)N/N=C(\C=C(/C)C(C)(C)C)C(C)(C)C)ccc2c1OCCO2.CCc1c(C(=O)NN(C(=O)c2cc(OC)c(C)c(OC)c2)C(/C=C(\C)C(C)(C)C)C(C)(C)C)ccc2c1OCCO2.COc1cc(C(=O)Cl)cc(OC)c1C. The number of hydrazone groups is 1. The summed E-state index contributed by atoms with van der Waals surface area (Å²) in [5.74, 6) is 3.76. The maximum atomic E-state index is 14.4. The summed E-state index contributed by atoms with van der Waals surface area (Å²) in [7, 11) is 6.17. The van der Waals surface area contributed by atoms with Gasteiger partial charge in [-0.3, -0.25) is 24.6 Å². The first kappa shape index (κ1) is 68.3. The predicted octanol–water partition coefficient (Wildman–Crippen LogP) is 14.1. The van der Waals surface area contributed by atoms with Crippen LogP contribution in [0, 0.1) is 35.5 Å². The van der Waals surface area contributed by atoms with Gasteiger partial charge in [0, 0.05) is 49.9 Å². The molecule has 0 bridgehead atoms. The first-order valence-electron chi connectivity index (χ1n) is 28.1. The number of amides is 3. The Labute approximate surface area is 498 Å². The van der Waals surface area contributed by atoms with E-state index in [1.54, 1.807) is 62.8 Å². The molecule has 4 aromatic rings. The highest BCUT2D eigenvalue weighted by Crippen LogP contribution is 2.40. The molecule has 17 heteroatoms. The number of hydrogen-bond acceptors (Lipinski definition) is 13. The minimum absolute atomic E-state index is 0.0429. The summed E-state index contributed by atoms with van der Waals surface area (Å²) in [6, 6.07) is 13.1. The molecule has 0 saturated heterocycles. The molecular formula is C66H91ClN4O12. The van der Waals surface area contributed by atoms with Gasteiger partial charge in [-0.15, -0.1) is 0 Å². The van der Waals surface area contributed by atoms with Crippen LogP contribution in [0.5, 0.6) is 46.0 Å². The van der Waals surface area contributed by atoms with Gasteiger partial charge in [-0.1, -0.05) is 114 Å². The fourth-order valence-electron chi connectivity index (χ4n) is 8.65. The van der Waals surface area contributed by atoms with Crippen LogP contribution in [0.4, 0.5) is 0 Å². The number of carbonyl (C=O) groups excluding carboxylic acids is 4. The minimum Gasteiger partial charge on any atom is -0.496 e. The van der Waals surface area contributed by atoms with Crippen LogP contribution in [-0.2, 0) is 12.8 Å². The highest BCUT2D eigenvalue weighted by atomic mass is 35.5. The molecule has 2 heterocycles. The van der Waals surface area contributed by atoms with Gasteiger partial charge in [-0.05, 0) is 123 Å². The maximum Gasteiger partial charge on any atom is 0.273 e. The van der Waals surface area contributed by atoms with Gasteiger partial charge in [0.05, 0.1) is 40.2 Å². The van der Waals surface area contributed by atoms with Crippen molar-refractivity contribution < 1.29 is 57.1 Å². The van der Waals surface area contributed by atoms with Crippen LogP contribution in [0.3, 0.4) is 0 Å². The number of methoxy groups -OCH3 is 4. The van der Waals surface area contributed by atoms with Gasteiger partial charge in [0.25, 0.3) is 23.0 Å². The number of fused-ring (bicyclic) bond motifs is 2. The second-order valence-corrected chi connectivity index (χ2v) is 24.9. The molecule has 3 amide bonds. The summed E-state index contributed by atoms with van der Waals surface area (Å²) in [6.07, 6.45) is 5.38. The monoisotopic (exact) mass is 1170 g/mol. The fourth-order valence-corrected chi connectivity index (χ4v) is 8.76. The van der Waals surface area contributed by atoms with E-state index in [0.29, 0.717) is 108 Å². The second-order valence-electron chi connectivity index (χ2n) is 24.5. The van der Waals surface area contributed by atoms with E-state index < -0.39 is 22.6 Å². The molecule has 1 unspecified atom stereocenters. The smallest absolute Gasteiger partial charge is 0.273 e. The minimum atomic E-state index is -0.526. The second kappa shape index (κ2) is 28.9. The number of hydrogen-bond donors (Lipinski definition) is 2. The molecule has 6 rings (SSSR count). The lowest BCUT2D eigenvalue weighted by atomic mass is 9.80. The van der Waals surface area contributed by atoms with E-state index in [4.69, 9.17) is 49.5 Å². The first-order valence-corrected chi connectivity index (χ1v) is 28.4. The molecule has 2 N–H and O–H groups in total. The summed E-state index contributed by atoms with van der Waals surface area (Å²) in [4.78, 5) is 52.2. The molecule has 454 valence electrons. The van der Waals surface area contributed by atoms with Gasteiger partial charge in [-0.25, -0.2) is 10.4 Å². The van der Waals surface area contributed by atoms with E-state index in [-0.39, 0.29) is 28.1 Å². The summed E-state index contributed by atoms with van der Waals surface area (Å²) >= 11 is 5.36. The average Bonchev–Trinajstić information content (AvgIpc) is 3.45. The van der Waals surface area contributed by atoms with Crippen LogP contribution < -0.4 is 48.7 Å². The zero-order chi connectivity index (χ0) is 62.5. The summed E-state index contributed by atoms with van der Waals surface area (Å²) in [5, 5.41) is 5.40. The van der Waals surface area contributed by atoms with E-state index in [1.807, 2.05) is 48.5 Å². The van der Waals surface area contributed by atoms with Crippen molar-refractivity contribution in [2.24, 2.45) is 26.8 Å². The number of hydrazine groups is 1. The van der Waals surface area contributed by atoms with Crippen LogP contribution in [0.25, 0.3) is 0 Å². The average molecular weight is 1170 g/mol. The molecule has 16 nitrogen and oxygen atoms in total. The lowest BCUT2D eigenvalue weighted by Gasteiger charge is -2.39. The molecule has 0 aliphatic carbocycles. The molecule has 0 spiro atoms. The van der Waals surface area contributed by atoms with Crippen molar-refractivity contribution in [1.82, 2.24) is 15.9 Å².